The number of nitrogens with zero attached hydrogens (tertiary/aromatic N) is 4. The van der Waals surface area contributed by atoms with Crippen LogP contribution < -0.4 is 20.7 Å². The minimum absolute atomic E-state index is 0.671. The lowest BCUT2D eigenvalue weighted by Gasteiger charge is -2.34. The maximum Gasteiger partial charge on any atom is 0.234 e. The second-order valence-corrected chi connectivity index (χ2v) is 16.0. The van der Waals surface area contributed by atoms with E-state index in [2.05, 4.69) is 150 Å². The number of fused-ring (bicyclic) bond motifs is 6. The van der Waals surface area contributed by atoms with Crippen LogP contribution in [-0.2, 0) is 0 Å². The van der Waals surface area contributed by atoms with Crippen molar-refractivity contribution in [2.24, 2.45) is 0 Å². The summed E-state index contributed by atoms with van der Waals surface area (Å²) < 4.78 is 3.46. The van der Waals surface area contributed by atoms with E-state index in [1.807, 2.05) is 12.3 Å². The van der Waals surface area contributed by atoms with Gasteiger partial charge in [-0.2, -0.15) is 0 Å². The zero-order valence-corrected chi connectivity index (χ0v) is 26.0. The Bertz CT molecular complexity index is 2390. The summed E-state index contributed by atoms with van der Waals surface area (Å²) in [5.41, 5.74) is 2.20. The Balaban J connectivity index is 1.36. The van der Waals surface area contributed by atoms with Crippen LogP contribution >= 0.6 is 11.3 Å². The first-order valence-corrected chi connectivity index (χ1v) is 17.8. The minimum Gasteiger partial charge on any atom is -0.278 e. The number of pyridine rings is 1. The van der Waals surface area contributed by atoms with E-state index in [1.165, 1.54) is 41.8 Å². The summed E-state index contributed by atoms with van der Waals surface area (Å²) in [4.78, 5) is 16.1. The number of hydrogen-bond acceptors (Lipinski definition) is 4. The van der Waals surface area contributed by atoms with Gasteiger partial charge in [0.15, 0.2) is 8.07 Å². The molecule has 0 spiro atoms. The van der Waals surface area contributed by atoms with Gasteiger partial charge >= 0.3 is 0 Å². The van der Waals surface area contributed by atoms with Crippen molar-refractivity contribution in [1.29, 1.82) is 0 Å². The molecule has 4 nitrogen and oxygen atoms in total. The van der Waals surface area contributed by atoms with Crippen LogP contribution in [0.4, 0.5) is 0 Å². The summed E-state index contributed by atoms with van der Waals surface area (Å²) in [6.45, 7) is 0. The fraction of sp³-hybridized carbons (Fsp3) is 0. The van der Waals surface area contributed by atoms with Crippen molar-refractivity contribution in [2.75, 3.05) is 0 Å². The van der Waals surface area contributed by atoms with Crippen LogP contribution in [0.25, 0.3) is 48.1 Å². The zero-order chi connectivity index (χ0) is 29.8. The summed E-state index contributed by atoms with van der Waals surface area (Å²) in [5.74, 6) is 0.671. The van der Waals surface area contributed by atoms with Gasteiger partial charge in [0.1, 0.15) is 4.83 Å². The van der Waals surface area contributed by atoms with Gasteiger partial charge in [0.2, 0.25) is 5.95 Å². The third-order valence-corrected chi connectivity index (χ3v) is 15.0. The second kappa shape index (κ2) is 10.3. The lowest BCUT2D eigenvalue weighted by atomic mass is 10.2. The van der Waals surface area contributed by atoms with Gasteiger partial charge in [0, 0.05) is 44.8 Å². The molecule has 9 aromatic rings. The summed E-state index contributed by atoms with van der Waals surface area (Å²) in [5, 5.41) is 9.89. The minimum atomic E-state index is -2.89. The smallest absolute Gasteiger partial charge is 0.234 e. The molecule has 6 heteroatoms. The molecule has 0 amide bonds. The van der Waals surface area contributed by atoms with E-state index in [9.17, 15) is 0 Å². The molecule has 45 heavy (non-hydrogen) atoms. The zero-order valence-electron chi connectivity index (χ0n) is 24.2. The lowest BCUT2D eigenvalue weighted by molar-refractivity contribution is 0.994. The number of hydrogen-bond donors (Lipinski definition) is 0. The van der Waals surface area contributed by atoms with E-state index in [0.717, 1.165) is 21.1 Å². The number of rotatable bonds is 5. The average molecular weight is 611 g/mol. The third kappa shape index (κ3) is 3.86. The number of thiophene rings is 1. The molecule has 0 N–H and O–H groups in total. The number of para-hydroxylation sites is 2. The number of benzene rings is 5. The summed E-state index contributed by atoms with van der Waals surface area (Å²) >= 11 is 1.78. The van der Waals surface area contributed by atoms with Crippen LogP contribution in [0.2, 0.25) is 0 Å². The quantitative estimate of drug-likeness (QED) is 0.161. The molecule has 9 rings (SSSR count). The van der Waals surface area contributed by atoms with E-state index in [-0.39, 0.29) is 0 Å². The van der Waals surface area contributed by atoms with Crippen LogP contribution in [0.1, 0.15) is 0 Å². The van der Waals surface area contributed by atoms with Crippen molar-refractivity contribution in [1.82, 2.24) is 19.5 Å². The highest BCUT2D eigenvalue weighted by Gasteiger charge is 2.43. The normalized spacial score (nSPS) is 12.0. The fourth-order valence-corrected chi connectivity index (χ4v) is 13.4. The van der Waals surface area contributed by atoms with Crippen LogP contribution in [0, 0.1) is 0 Å². The van der Waals surface area contributed by atoms with Gasteiger partial charge in [0.25, 0.3) is 0 Å². The topological polar surface area (TPSA) is 43.6 Å². The molecule has 212 valence electrons. The van der Waals surface area contributed by atoms with Gasteiger partial charge in [-0.05, 0) is 45.0 Å². The SMILES string of the molecule is c1ccc([Si](c2ccccc2)(c2cnc(-n3c4ccccc4c4ccccc43)nc2)c2cccc3c2sc2ncccc23)cc1. The highest BCUT2D eigenvalue weighted by atomic mass is 32.1. The van der Waals surface area contributed by atoms with Crippen molar-refractivity contribution >= 4 is 82.3 Å². The Morgan fingerprint density at radius 1 is 0.467 bits per heavy atom. The highest BCUT2D eigenvalue weighted by Crippen LogP contribution is 2.33. The largest absolute Gasteiger partial charge is 0.278 e. The third-order valence-electron chi connectivity index (χ3n) is 8.94. The van der Waals surface area contributed by atoms with Gasteiger partial charge < -0.3 is 0 Å². The Morgan fingerprint density at radius 2 is 1.02 bits per heavy atom. The first-order chi connectivity index (χ1) is 22.3. The monoisotopic (exact) mass is 610 g/mol. The predicted octanol–water partition coefficient (Wildman–Crippen LogP) is 6.71. The van der Waals surface area contributed by atoms with E-state index >= 15 is 0 Å². The Labute approximate surface area is 264 Å². The summed E-state index contributed by atoms with van der Waals surface area (Å²) in [7, 11) is -2.89. The van der Waals surface area contributed by atoms with Gasteiger partial charge in [0.05, 0.1) is 11.0 Å². The molecule has 4 aromatic heterocycles. The van der Waals surface area contributed by atoms with E-state index in [0.29, 0.717) is 5.95 Å². The molecule has 0 aliphatic carbocycles. The van der Waals surface area contributed by atoms with Gasteiger partial charge in [-0.1, -0.05) is 115 Å². The predicted molar refractivity (Wildman–Crippen MR) is 191 cm³/mol. The molecule has 0 fully saturated rings. The summed E-state index contributed by atoms with van der Waals surface area (Å²) in [6.07, 6.45) is 6.06. The molecular weight excluding hydrogens is 585 g/mol. The van der Waals surface area contributed by atoms with Gasteiger partial charge in [-0.25, -0.2) is 15.0 Å². The fourth-order valence-electron chi connectivity index (χ4n) is 7.04. The van der Waals surface area contributed by atoms with E-state index in [1.54, 1.807) is 11.3 Å². The molecule has 4 heterocycles. The van der Waals surface area contributed by atoms with Gasteiger partial charge in [-0.15, -0.1) is 11.3 Å². The van der Waals surface area contributed by atoms with Crippen molar-refractivity contribution in [2.45, 2.75) is 0 Å². The van der Waals surface area contributed by atoms with E-state index in [4.69, 9.17) is 15.0 Å². The van der Waals surface area contributed by atoms with E-state index < -0.39 is 8.07 Å². The van der Waals surface area contributed by atoms with Crippen molar-refractivity contribution in [3.8, 4) is 5.95 Å². The molecule has 0 saturated heterocycles. The molecule has 0 atom stereocenters. The average Bonchev–Trinajstić information content (AvgIpc) is 3.66. The van der Waals surface area contributed by atoms with Crippen molar-refractivity contribution in [3.63, 3.8) is 0 Å². The molecular formula is C39H26N4SSi. The molecule has 0 saturated carbocycles. The molecule has 0 bridgehead atoms. The van der Waals surface area contributed by atoms with Crippen LogP contribution in [0.3, 0.4) is 0 Å². The Kier molecular flexibility index (Phi) is 5.97. The van der Waals surface area contributed by atoms with Crippen LogP contribution in [0.5, 0.6) is 0 Å². The molecule has 0 aliphatic rings. The first-order valence-electron chi connectivity index (χ1n) is 15.0. The standard InChI is InChI=1S/C39H26N4SSi/c1-3-13-27(14-4-1)45(28-15-5-2-6-16-28,36-23-11-19-32-33-20-12-24-40-38(33)44-37(32)36)29-25-41-39(42-26-29)43-34-21-9-7-17-30(34)31-18-8-10-22-35(31)43/h1-26H. The maximum atomic E-state index is 5.16. The number of aromatic nitrogens is 4. The summed E-state index contributed by atoms with van der Waals surface area (Å²) in [6, 6.07) is 49.9. The molecule has 0 unspecified atom stereocenters. The first kappa shape index (κ1) is 26.0. The molecule has 5 aromatic carbocycles. The van der Waals surface area contributed by atoms with Crippen LogP contribution in [-0.4, -0.2) is 27.6 Å². The Hall–Kier alpha value is -5.43. The highest BCUT2D eigenvalue weighted by molar-refractivity contribution is 7.30. The van der Waals surface area contributed by atoms with Gasteiger partial charge in [-0.3, -0.25) is 4.57 Å². The second-order valence-electron chi connectivity index (χ2n) is 11.3. The van der Waals surface area contributed by atoms with Crippen molar-refractivity contribution in [3.05, 3.63) is 158 Å². The molecule has 0 aliphatic heterocycles. The Morgan fingerprint density at radius 3 is 1.67 bits per heavy atom. The van der Waals surface area contributed by atoms with Crippen molar-refractivity contribution < 1.29 is 0 Å². The lowest BCUT2D eigenvalue weighted by Crippen LogP contribution is -2.75. The molecule has 0 radical (unpaired) electrons. The maximum absolute atomic E-state index is 5.16. The van der Waals surface area contributed by atoms with Crippen LogP contribution in [0.15, 0.2) is 158 Å².